The van der Waals surface area contributed by atoms with Crippen molar-refractivity contribution in [2.75, 3.05) is 13.1 Å². The first kappa shape index (κ1) is 12.3. The number of aliphatic hydroxyl groups excluding tert-OH is 1. The number of carbonyl (C=O) groups is 1. The molecule has 4 nitrogen and oxygen atoms in total. The molecule has 0 saturated carbocycles. The van der Waals surface area contributed by atoms with Crippen molar-refractivity contribution in [3.8, 4) is 0 Å². The topological polar surface area (TPSA) is 43.8 Å². The molecule has 2 amide bonds. The molecule has 3 aliphatic heterocycles. The predicted molar refractivity (Wildman–Crippen MR) is 69.3 cm³/mol. The van der Waals surface area contributed by atoms with Gasteiger partial charge in [0.1, 0.15) is 0 Å². The quantitative estimate of drug-likeness (QED) is 0.715. The molecule has 3 fully saturated rings. The number of aliphatic hydroxyl groups is 1. The lowest BCUT2D eigenvalue weighted by atomic mass is 9.98. The number of hydrogen-bond acceptors (Lipinski definition) is 2. The normalized spacial score (nSPS) is 40.1. The van der Waals surface area contributed by atoms with Crippen molar-refractivity contribution >= 4 is 6.03 Å². The SMILES string of the molecule is CC1CCCN(C(=O)N2C3CCC2CC(O)C3)C1. The summed E-state index contributed by atoms with van der Waals surface area (Å²) in [5.74, 6) is 0.635. The first-order chi connectivity index (χ1) is 8.65. The van der Waals surface area contributed by atoms with E-state index in [1.54, 1.807) is 0 Å². The Balaban J connectivity index is 1.69. The standard InChI is InChI=1S/C14H24N2O2/c1-10-3-2-6-15(9-10)14(18)16-11-4-5-12(16)8-13(17)7-11/h10-13,17H,2-9H2,1H3. The lowest BCUT2D eigenvalue weighted by Crippen LogP contribution is -2.54. The van der Waals surface area contributed by atoms with Gasteiger partial charge in [0.25, 0.3) is 0 Å². The minimum atomic E-state index is -0.188. The van der Waals surface area contributed by atoms with E-state index in [-0.39, 0.29) is 12.1 Å². The third-order valence-electron chi connectivity index (χ3n) is 4.86. The lowest BCUT2D eigenvalue weighted by molar-refractivity contribution is 0.0385. The molecule has 0 aromatic carbocycles. The Morgan fingerprint density at radius 1 is 1.17 bits per heavy atom. The summed E-state index contributed by atoms with van der Waals surface area (Å²) < 4.78 is 0. The highest BCUT2D eigenvalue weighted by Gasteiger charge is 2.44. The van der Waals surface area contributed by atoms with Gasteiger partial charge < -0.3 is 14.9 Å². The maximum absolute atomic E-state index is 12.6. The van der Waals surface area contributed by atoms with Crippen LogP contribution >= 0.6 is 0 Å². The first-order valence-electron chi connectivity index (χ1n) is 7.40. The van der Waals surface area contributed by atoms with Crippen molar-refractivity contribution in [2.24, 2.45) is 5.92 Å². The zero-order valence-corrected chi connectivity index (χ0v) is 11.2. The average molecular weight is 252 g/mol. The third kappa shape index (κ3) is 2.11. The van der Waals surface area contributed by atoms with Crippen LogP contribution in [0.5, 0.6) is 0 Å². The molecule has 3 unspecified atom stereocenters. The monoisotopic (exact) mass is 252 g/mol. The number of fused-ring (bicyclic) bond motifs is 2. The molecule has 3 atom stereocenters. The zero-order chi connectivity index (χ0) is 12.7. The van der Waals surface area contributed by atoms with Gasteiger partial charge in [-0.3, -0.25) is 0 Å². The van der Waals surface area contributed by atoms with Crippen LogP contribution in [0.15, 0.2) is 0 Å². The number of amides is 2. The highest BCUT2D eigenvalue weighted by molar-refractivity contribution is 5.76. The van der Waals surface area contributed by atoms with Crippen molar-refractivity contribution in [2.45, 2.75) is 63.6 Å². The molecule has 3 heterocycles. The fourth-order valence-corrected chi connectivity index (χ4v) is 3.99. The van der Waals surface area contributed by atoms with Crippen LogP contribution in [-0.2, 0) is 0 Å². The maximum atomic E-state index is 12.6. The molecule has 0 aromatic heterocycles. The van der Waals surface area contributed by atoms with Gasteiger partial charge in [-0.2, -0.15) is 0 Å². The minimum absolute atomic E-state index is 0.188. The van der Waals surface area contributed by atoms with Crippen LogP contribution in [0.25, 0.3) is 0 Å². The van der Waals surface area contributed by atoms with Crippen molar-refractivity contribution < 1.29 is 9.90 Å². The highest BCUT2D eigenvalue weighted by Crippen LogP contribution is 2.36. The second-order valence-electron chi connectivity index (χ2n) is 6.39. The Bertz CT molecular complexity index is 320. The third-order valence-corrected chi connectivity index (χ3v) is 4.86. The lowest BCUT2D eigenvalue weighted by Gasteiger charge is -2.42. The van der Waals surface area contributed by atoms with E-state index in [2.05, 4.69) is 11.8 Å². The maximum Gasteiger partial charge on any atom is 0.320 e. The fourth-order valence-electron chi connectivity index (χ4n) is 3.99. The number of piperidine rings is 2. The molecule has 4 heteroatoms. The number of urea groups is 1. The summed E-state index contributed by atoms with van der Waals surface area (Å²) >= 11 is 0. The molecule has 18 heavy (non-hydrogen) atoms. The molecule has 0 radical (unpaired) electrons. The molecular formula is C14H24N2O2. The second kappa shape index (κ2) is 4.72. The Morgan fingerprint density at radius 3 is 2.44 bits per heavy atom. The molecule has 1 N–H and O–H groups in total. The van der Waals surface area contributed by atoms with Gasteiger partial charge in [-0.15, -0.1) is 0 Å². The van der Waals surface area contributed by atoms with E-state index in [0.29, 0.717) is 18.0 Å². The van der Waals surface area contributed by atoms with Crippen molar-refractivity contribution in [1.29, 1.82) is 0 Å². The van der Waals surface area contributed by atoms with E-state index in [9.17, 15) is 9.90 Å². The Morgan fingerprint density at radius 2 is 1.83 bits per heavy atom. The molecule has 3 saturated heterocycles. The molecule has 0 aliphatic carbocycles. The van der Waals surface area contributed by atoms with Crippen LogP contribution in [0.3, 0.4) is 0 Å². The molecule has 0 spiro atoms. The smallest absolute Gasteiger partial charge is 0.320 e. The van der Waals surface area contributed by atoms with Crippen molar-refractivity contribution in [3.05, 3.63) is 0 Å². The van der Waals surface area contributed by atoms with Crippen LogP contribution in [0.2, 0.25) is 0 Å². The summed E-state index contributed by atoms with van der Waals surface area (Å²) in [5, 5.41) is 9.79. The van der Waals surface area contributed by atoms with Gasteiger partial charge in [0.05, 0.1) is 6.10 Å². The summed E-state index contributed by atoms with van der Waals surface area (Å²) in [5.41, 5.74) is 0. The molecule has 102 valence electrons. The summed E-state index contributed by atoms with van der Waals surface area (Å²) in [7, 11) is 0. The number of nitrogens with zero attached hydrogens (tertiary/aromatic N) is 2. The van der Waals surface area contributed by atoms with E-state index < -0.39 is 0 Å². The number of rotatable bonds is 0. The fraction of sp³-hybridized carbons (Fsp3) is 0.929. The van der Waals surface area contributed by atoms with Gasteiger partial charge in [-0.05, 0) is 44.4 Å². The average Bonchev–Trinajstić information content (AvgIpc) is 2.61. The molecule has 0 aromatic rings. The number of hydrogen-bond donors (Lipinski definition) is 1. The van der Waals surface area contributed by atoms with Crippen LogP contribution < -0.4 is 0 Å². The Kier molecular flexibility index (Phi) is 3.22. The van der Waals surface area contributed by atoms with E-state index >= 15 is 0 Å². The molecule has 3 aliphatic rings. The minimum Gasteiger partial charge on any atom is -0.393 e. The van der Waals surface area contributed by atoms with E-state index in [0.717, 1.165) is 45.2 Å². The van der Waals surface area contributed by atoms with Crippen LogP contribution in [0, 0.1) is 5.92 Å². The summed E-state index contributed by atoms with van der Waals surface area (Å²) in [6.45, 7) is 4.06. The van der Waals surface area contributed by atoms with Gasteiger partial charge in [-0.25, -0.2) is 4.79 Å². The van der Waals surface area contributed by atoms with E-state index in [4.69, 9.17) is 0 Å². The number of likely N-dealkylation sites (tertiary alicyclic amines) is 1. The molecular weight excluding hydrogens is 228 g/mol. The van der Waals surface area contributed by atoms with Gasteiger partial charge in [0, 0.05) is 25.2 Å². The van der Waals surface area contributed by atoms with Gasteiger partial charge in [0.2, 0.25) is 0 Å². The first-order valence-corrected chi connectivity index (χ1v) is 7.40. The Hall–Kier alpha value is -0.770. The Labute approximate surface area is 109 Å². The largest absolute Gasteiger partial charge is 0.393 e. The van der Waals surface area contributed by atoms with Gasteiger partial charge >= 0.3 is 6.03 Å². The van der Waals surface area contributed by atoms with Gasteiger partial charge in [0.15, 0.2) is 0 Å². The number of carbonyl (C=O) groups excluding carboxylic acids is 1. The van der Waals surface area contributed by atoms with Crippen molar-refractivity contribution in [1.82, 2.24) is 9.80 Å². The van der Waals surface area contributed by atoms with Crippen LogP contribution in [0.1, 0.15) is 45.4 Å². The summed E-state index contributed by atoms with van der Waals surface area (Å²) in [6.07, 6.45) is 5.92. The zero-order valence-electron chi connectivity index (χ0n) is 11.2. The molecule has 2 bridgehead atoms. The van der Waals surface area contributed by atoms with Crippen LogP contribution in [0.4, 0.5) is 4.79 Å². The predicted octanol–water partition coefficient (Wildman–Crippen LogP) is 1.83. The van der Waals surface area contributed by atoms with Crippen molar-refractivity contribution in [3.63, 3.8) is 0 Å². The van der Waals surface area contributed by atoms with E-state index in [1.165, 1.54) is 6.42 Å². The summed E-state index contributed by atoms with van der Waals surface area (Å²) in [6, 6.07) is 0.827. The van der Waals surface area contributed by atoms with E-state index in [1.807, 2.05) is 4.90 Å². The second-order valence-corrected chi connectivity index (χ2v) is 6.39. The molecule has 3 rings (SSSR count). The van der Waals surface area contributed by atoms with Gasteiger partial charge in [-0.1, -0.05) is 6.92 Å². The summed E-state index contributed by atoms with van der Waals surface area (Å²) in [4.78, 5) is 16.8. The van der Waals surface area contributed by atoms with Crippen LogP contribution in [-0.4, -0.2) is 52.2 Å². The highest BCUT2D eigenvalue weighted by atomic mass is 16.3.